The summed E-state index contributed by atoms with van der Waals surface area (Å²) in [6.07, 6.45) is -4.47. The molecule has 0 amide bonds. The van der Waals surface area contributed by atoms with Crippen molar-refractivity contribution in [3.05, 3.63) is 34.9 Å². The van der Waals surface area contributed by atoms with Crippen molar-refractivity contribution >= 4 is 5.97 Å². The number of benzene rings is 1. The largest absolute Gasteiger partial charge is 0.480 e. The third-order valence-electron chi connectivity index (χ3n) is 3.33. The summed E-state index contributed by atoms with van der Waals surface area (Å²) < 4.78 is 38.5. The molecule has 1 aromatic carbocycles. The first-order chi connectivity index (χ1) is 8.48. The summed E-state index contributed by atoms with van der Waals surface area (Å²) >= 11 is 0. The van der Waals surface area contributed by atoms with Crippen molar-refractivity contribution in [1.29, 1.82) is 0 Å². The number of carbonyl (C=O) groups is 1. The van der Waals surface area contributed by atoms with Crippen LogP contribution in [-0.4, -0.2) is 17.1 Å². The van der Waals surface area contributed by atoms with Crippen molar-refractivity contribution in [2.24, 2.45) is 5.73 Å². The molecule has 1 rings (SSSR count). The lowest BCUT2D eigenvalue weighted by Gasteiger charge is -2.30. The van der Waals surface area contributed by atoms with Crippen molar-refractivity contribution in [2.45, 2.75) is 38.4 Å². The summed E-state index contributed by atoms with van der Waals surface area (Å²) in [5, 5.41) is 8.92. The Bertz CT molecular complexity index is 495. The molecule has 1 aromatic rings. The van der Waals surface area contributed by atoms with Crippen LogP contribution in [0.25, 0.3) is 0 Å². The van der Waals surface area contributed by atoms with E-state index in [9.17, 15) is 18.0 Å². The van der Waals surface area contributed by atoms with Crippen molar-refractivity contribution in [2.75, 3.05) is 0 Å². The quantitative estimate of drug-likeness (QED) is 0.891. The van der Waals surface area contributed by atoms with Crippen LogP contribution in [-0.2, 0) is 16.4 Å². The number of alkyl halides is 3. The van der Waals surface area contributed by atoms with Gasteiger partial charge in [0, 0.05) is 5.41 Å². The average molecular weight is 275 g/mol. The minimum absolute atomic E-state index is 0.0935. The van der Waals surface area contributed by atoms with Crippen LogP contribution in [0.1, 0.15) is 30.5 Å². The summed E-state index contributed by atoms with van der Waals surface area (Å²) in [4.78, 5) is 10.9. The van der Waals surface area contributed by atoms with Crippen LogP contribution in [0.2, 0.25) is 0 Å². The fourth-order valence-corrected chi connectivity index (χ4v) is 1.82. The first-order valence-electron chi connectivity index (χ1n) is 5.64. The normalized spacial score (nSPS) is 14.3. The van der Waals surface area contributed by atoms with Crippen LogP contribution in [0.4, 0.5) is 13.2 Å². The predicted octanol–water partition coefficient (Wildman–Crippen LogP) is 2.70. The van der Waals surface area contributed by atoms with E-state index in [2.05, 4.69) is 0 Å². The molecule has 3 N–H and O–H groups in total. The molecule has 0 aliphatic rings. The zero-order valence-electron chi connectivity index (χ0n) is 10.9. The molecular formula is C13H16F3NO2. The van der Waals surface area contributed by atoms with Crippen molar-refractivity contribution in [3.63, 3.8) is 0 Å². The number of nitrogens with two attached hydrogens (primary N) is 1. The molecule has 0 fully saturated rings. The number of hydrogen-bond donors (Lipinski definition) is 2. The van der Waals surface area contributed by atoms with Gasteiger partial charge < -0.3 is 10.8 Å². The Morgan fingerprint density at radius 1 is 1.32 bits per heavy atom. The Balaban J connectivity index is 3.34. The summed E-state index contributed by atoms with van der Waals surface area (Å²) in [5.41, 5.74) is 4.02. The van der Waals surface area contributed by atoms with Crippen LogP contribution in [0.5, 0.6) is 0 Å². The minimum Gasteiger partial charge on any atom is -0.480 e. The van der Waals surface area contributed by atoms with Crippen LogP contribution >= 0.6 is 0 Å². The topological polar surface area (TPSA) is 63.3 Å². The summed E-state index contributed by atoms with van der Waals surface area (Å²) in [5.74, 6) is -1.25. The molecule has 1 unspecified atom stereocenters. The average Bonchev–Trinajstić information content (AvgIpc) is 2.26. The summed E-state index contributed by atoms with van der Waals surface area (Å²) in [7, 11) is 0. The first kappa shape index (κ1) is 15.5. The Morgan fingerprint density at radius 3 is 2.26 bits per heavy atom. The molecule has 0 saturated heterocycles. The van der Waals surface area contributed by atoms with Crippen molar-refractivity contribution < 1.29 is 23.1 Å². The number of rotatable bonds is 3. The number of halogens is 3. The van der Waals surface area contributed by atoms with E-state index < -0.39 is 29.2 Å². The Morgan fingerprint density at radius 2 is 1.84 bits per heavy atom. The lowest BCUT2D eigenvalue weighted by atomic mass is 9.77. The molecule has 0 radical (unpaired) electrons. The number of carboxylic acid groups (broad SMARTS) is 1. The van der Waals surface area contributed by atoms with E-state index in [4.69, 9.17) is 10.8 Å². The molecule has 6 heteroatoms. The van der Waals surface area contributed by atoms with E-state index >= 15 is 0 Å². The van der Waals surface area contributed by atoms with Gasteiger partial charge in [-0.25, -0.2) is 0 Å². The summed E-state index contributed by atoms with van der Waals surface area (Å²) in [6, 6.07) is 2.50. The van der Waals surface area contributed by atoms with Gasteiger partial charge in [0.1, 0.15) is 6.04 Å². The number of aliphatic carboxylic acids is 1. The van der Waals surface area contributed by atoms with Gasteiger partial charge in [0.15, 0.2) is 0 Å². The van der Waals surface area contributed by atoms with Gasteiger partial charge in [-0.05, 0) is 24.1 Å². The lowest BCUT2D eigenvalue weighted by molar-refractivity contribution is -0.140. The number of hydrogen-bond acceptors (Lipinski definition) is 2. The van der Waals surface area contributed by atoms with Gasteiger partial charge in [0.2, 0.25) is 0 Å². The molecule has 0 heterocycles. The number of aryl methyl sites for hydroxylation is 1. The zero-order valence-corrected chi connectivity index (χ0v) is 10.9. The first-order valence-corrected chi connectivity index (χ1v) is 5.64. The highest BCUT2D eigenvalue weighted by atomic mass is 19.4. The second-order valence-corrected chi connectivity index (χ2v) is 5.07. The van der Waals surface area contributed by atoms with Crippen molar-refractivity contribution in [1.82, 2.24) is 0 Å². The molecule has 19 heavy (non-hydrogen) atoms. The maximum atomic E-state index is 12.8. The van der Waals surface area contributed by atoms with Gasteiger partial charge in [0.25, 0.3) is 0 Å². The van der Waals surface area contributed by atoms with Crippen LogP contribution in [0.15, 0.2) is 18.2 Å². The molecule has 0 aromatic heterocycles. The van der Waals surface area contributed by atoms with E-state index in [-0.39, 0.29) is 11.1 Å². The standard InChI is InChI=1S/C13H16F3NO2/c1-7-4-5-8(6-9(7)13(14,15)16)12(2,3)10(17)11(18)19/h4-6,10H,17H2,1-3H3,(H,18,19). The maximum absolute atomic E-state index is 12.8. The fraction of sp³-hybridized carbons (Fsp3) is 0.462. The highest BCUT2D eigenvalue weighted by molar-refractivity contribution is 5.75. The highest BCUT2D eigenvalue weighted by Crippen LogP contribution is 2.35. The fourth-order valence-electron chi connectivity index (χ4n) is 1.82. The van der Waals surface area contributed by atoms with Crippen LogP contribution in [0, 0.1) is 6.92 Å². The maximum Gasteiger partial charge on any atom is 0.416 e. The second kappa shape index (κ2) is 4.85. The molecule has 0 saturated carbocycles. The highest BCUT2D eigenvalue weighted by Gasteiger charge is 2.37. The van der Waals surface area contributed by atoms with Gasteiger partial charge in [-0.2, -0.15) is 13.2 Å². The summed E-state index contributed by atoms with van der Waals surface area (Å²) in [6.45, 7) is 4.38. The molecule has 0 aliphatic carbocycles. The zero-order chi connectivity index (χ0) is 15.0. The molecule has 106 valence electrons. The number of carboxylic acids is 1. The van der Waals surface area contributed by atoms with Gasteiger partial charge in [0.05, 0.1) is 5.56 Å². The molecule has 0 spiro atoms. The predicted molar refractivity (Wildman–Crippen MR) is 64.8 cm³/mol. The molecular weight excluding hydrogens is 259 g/mol. The smallest absolute Gasteiger partial charge is 0.416 e. The molecule has 1 atom stereocenters. The van der Waals surface area contributed by atoms with Gasteiger partial charge >= 0.3 is 12.1 Å². The molecule has 0 aliphatic heterocycles. The van der Waals surface area contributed by atoms with Crippen LogP contribution < -0.4 is 5.73 Å². The Kier molecular flexibility index (Phi) is 3.95. The van der Waals surface area contributed by atoms with Gasteiger partial charge in [-0.15, -0.1) is 0 Å². The Hall–Kier alpha value is -1.56. The van der Waals surface area contributed by atoms with E-state index in [0.717, 1.165) is 6.07 Å². The Labute approximate surface area is 109 Å². The van der Waals surface area contributed by atoms with Crippen LogP contribution in [0.3, 0.4) is 0 Å². The van der Waals surface area contributed by atoms with Gasteiger partial charge in [-0.1, -0.05) is 26.0 Å². The third kappa shape index (κ3) is 3.07. The second-order valence-electron chi connectivity index (χ2n) is 5.07. The molecule has 3 nitrogen and oxygen atoms in total. The van der Waals surface area contributed by atoms with E-state index in [1.807, 2.05) is 0 Å². The minimum atomic E-state index is -4.47. The lowest BCUT2D eigenvalue weighted by Crippen LogP contribution is -2.46. The van der Waals surface area contributed by atoms with Crippen molar-refractivity contribution in [3.8, 4) is 0 Å². The van der Waals surface area contributed by atoms with Gasteiger partial charge in [-0.3, -0.25) is 4.79 Å². The van der Waals surface area contributed by atoms with E-state index in [1.54, 1.807) is 0 Å². The van der Waals surface area contributed by atoms with E-state index in [0.29, 0.717) is 0 Å². The molecule has 0 bridgehead atoms. The SMILES string of the molecule is Cc1ccc(C(C)(C)C(N)C(=O)O)cc1C(F)(F)F. The third-order valence-corrected chi connectivity index (χ3v) is 3.33. The monoisotopic (exact) mass is 275 g/mol. The van der Waals surface area contributed by atoms with E-state index in [1.165, 1.54) is 32.9 Å².